The van der Waals surface area contributed by atoms with Crippen molar-refractivity contribution in [3.05, 3.63) is 51.5 Å². The van der Waals surface area contributed by atoms with E-state index in [-0.39, 0.29) is 0 Å². The van der Waals surface area contributed by atoms with Crippen molar-refractivity contribution in [2.45, 2.75) is 32.9 Å². The molecule has 2 aromatic rings. The first-order chi connectivity index (χ1) is 10.1. The van der Waals surface area contributed by atoms with Gasteiger partial charge in [0.15, 0.2) is 0 Å². The Kier molecular flexibility index (Phi) is 4.38. The molecular weight excluding hydrogens is 278 g/mol. The fourth-order valence-electron chi connectivity index (χ4n) is 3.13. The average molecular weight is 301 g/mol. The van der Waals surface area contributed by atoms with Crippen molar-refractivity contribution in [3.63, 3.8) is 0 Å². The van der Waals surface area contributed by atoms with Gasteiger partial charge in [-0.05, 0) is 26.3 Å². The molecule has 0 aliphatic carbocycles. The van der Waals surface area contributed by atoms with Crippen molar-refractivity contribution in [1.29, 1.82) is 0 Å². The van der Waals surface area contributed by atoms with Crippen molar-refractivity contribution < 1.29 is 0 Å². The largest absolute Gasteiger partial charge is 0.308 e. The number of hydrogen-bond acceptors (Lipinski definition) is 4. The lowest BCUT2D eigenvalue weighted by atomic mass is 10.0. The van der Waals surface area contributed by atoms with Crippen LogP contribution in [0, 0.1) is 13.8 Å². The molecule has 1 aliphatic heterocycles. The van der Waals surface area contributed by atoms with Crippen LogP contribution in [-0.4, -0.2) is 29.5 Å². The van der Waals surface area contributed by atoms with Crippen LogP contribution >= 0.6 is 11.3 Å². The molecule has 1 N–H and O–H groups in total. The number of nitrogens with zero attached hydrogens (tertiary/aromatic N) is 2. The summed E-state index contributed by atoms with van der Waals surface area (Å²) < 4.78 is 0. The third-order valence-corrected chi connectivity index (χ3v) is 5.52. The standard InChI is InChI=1S/C17H23N3S/c1-12-17(21-14(3)19-12)13(2)20-10-9-18-16(11-20)15-7-5-4-6-8-15/h4-8,13,16,18H,9-11H2,1-3H3. The Bertz CT molecular complexity index is 593. The molecule has 3 rings (SSSR count). The van der Waals surface area contributed by atoms with Gasteiger partial charge in [-0.3, -0.25) is 4.90 Å². The molecule has 1 aliphatic rings. The van der Waals surface area contributed by atoms with Crippen LogP contribution in [-0.2, 0) is 0 Å². The van der Waals surface area contributed by atoms with E-state index in [1.165, 1.54) is 21.1 Å². The Labute approximate surface area is 131 Å². The van der Waals surface area contributed by atoms with E-state index in [9.17, 15) is 0 Å². The predicted molar refractivity (Wildman–Crippen MR) is 88.8 cm³/mol. The molecule has 1 aromatic heterocycles. The first-order valence-electron chi connectivity index (χ1n) is 7.61. The molecule has 0 radical (unpaired) electrons. The molecule has 3 nitrogen and oxygen atoms in total. The summed E-state index contributed by atoms with van der Waals surface area (Å²) in [6.45, 7) is 9.74. The molecule has 21 heavy (non-hydrogen) atoms. The van der Waals surface area contributed by atoms with Gasteiger partial charge in [0.2, 0.25) is 0 Å². The molecule has 0 amide bonds. The quantitative estimate of drug-likeness (QED) is 0.941. The van der Waals surface area contributed by atoms with E-state index in [1.54, 1.807) is 0 Å². The highest BCUT2D eigenvalue weighted by Crippen LogP contribution is 2.31. The second-order valence-electron chi connectivity index (χ2n) is 5.77. The van der Waals surface area contributed by atoms with Crippen LogP contribution < -0.4 is 5.32 Å². The van der Waals surface area contributed by atoms with Crippen molar-refractivity contribution in [1.82, 2.24) is 15.2 Å². The Morgan fingerprint density at radius 2 is 2.05 bits per heavy atom. The second kappa shape index (κ2) is 6.26. The third-order valence-electron chi connectivity index (χ3n) is 4.28. The molecule has 0 bridgehead atoms. The summed E-state index contributed by atoms with van der Waals surface area (Å²) in [7, 11) is 0. The summed E-state index contributed by atoms with van der Waals surface area (Å²) in [6.07, 6.45) is 0. The van der Waals surface area contributed by atoms with E-state index in [1.807, 2.05) is 11.3 Å². The van der Waals surface area contributed by atoms with Crippen molar-refractivity contribution >= 4 is 11.3 Å². The molecule has 0 saturated carbocycles. The van der Waals surface area contributed by atoms with Crippen LogP contribution in [0.3, 0.4) is 0 Å². The van der Waals surface area contributed by atoms with Gasteiger partial charge in [-0.2, -0.15) is 0 Å². The Morgan fingerprint density at radius 1 is 1.29 bits per heavy atom. The van der Waals surface area contributed by atoms with Gasteiger partial charge in [-0.25, -0.2) is 4.98 Å². The number of thiazole rings is 1. The monoisotopic (exact) mass is 301 g/mol. The average Bonchev–Trinajstić information content (AvgIpc) is 2.86. The second-order valence-corrected chi connectivity index (χ2v) is 7.01. The topological polar surface area (TPSA) is 28.2 Å². The molecular formula is C17H23N3S. The van der Waals surface area contributed by atoms with E-state index >= 15 is 0 Å². The minimum absolute atomic E-state index is 0.428. The van der Waals surface area contributed by atoms with Gasteiger partial charge >= 0.3 is 0 Å². The van der Waals surface area contributed by atoms with Gasteiger partial charge < -0.3 is 5.32 Å². The minimum atomic E-state index is 0.428. The van der Waals surface area contributed by atoms with E-state index in [2.05, 4.69) is 66.3 Å². The third kappa shape index (κ3) is 3.18. The Balaban J connectivity index is 1.75. The molecule has 1 fully saturated rings. The molecule has 0 spiro atoms. The zero-order valence-corrected chi connectivity index (χ0v) is 13.8. The highest BCUT2D eigenvalue weighted by Gasteiger charge is 2.26. The fourth-order valence-corrected chi connectivity index (χ4v) is 4.15. The molecule has 2 atom stereocenters. The summed E-state index contributed by atoms with van der Waals surface area (Å²) in [5.74, 6) is 0. The van der Waals surface area contributed by atoms with Crippen LogP contribution in [0.15, 0.2) is 30.3 Å². The van der Waals surface area contributed by atoms with E-state index in [0.717, 1.165) is 19.6 Å². The summed E-state index contributed by atoms with van der Waals surface area (Å²) in [5, 5.41) is 4.81. The normalized spacial score (nSPS) is 21.4. The summed E-state index contributed by atoms with van der Waals surface area (Å²) >= 11 is 1.84. The number of aryl methyl sites for hydroxylation is 2. The molecule has 2 heterocycles. The fraction of sp³-hybridized carbons (Fsp3) is 0.471. The van der Waals surface area contributed by atoms with Gasteiger partial charge in [-0.1, -0.05) is 30.3 Å². The summed E-state index contributed by atoms with van der Waals surface area (Å²) in [4.78, 5) is 8.58. The zero-order chi connectivity index (χ0) is 14.8. The summed E-state index contributed by atoms with van der Waals surface area (Å²) in [6, 6.07) is 11.6. The molecule has 1 aromatic carbocycles. The lowest BCUT2D eigenvalue weighted by Crippen LogP contribution is -2.46. The number of hydrogen-bond donors (Lipinski definition) is 1. The van der Waals surface area contributed by atoms with Crippen LogP contribution in [0.5, 0.6) is 0 Å². The van der Waals surface area contributed by atoms with E-state index in [4.69, 9.17) is 0 Å². The van der Waals surface area contributed by atoms with Gasteiger partial charge in [0.25, 0.3) is 0 Å². The first-order valence-corrected chi connectivity index (χ1v) is 8.43. The zero-order valence-electron chi connectivity index (χ0n) is 13.0. The SMILES string of the molecule is Cc1nc(C)c(C(C)N2CCNC(c3ccccc3)C2)s1. The van der Waals surface area contributed by atoms with Crippen LogP contribution in [0.1, 0.15) is 40.1 Å². The van der Waals surface area contributed by atoms with E-state index < -0.39 is 0 Å². The highest BCUT2D eigenvalue weighted by molar-refractivity contribution is 7.11. The highest BCUT2D eigenvalue weighted by atomic mass is 32.1. The number of benzene rings is 1. The Hall–Kier alpha value is -1.23. The smallest absolute Gasteiger partial charge is 0.0900 e. The number of nitrogens with one attached hydrogen (secondary N) is 1. The maximum atomic E-state index is 4.58. The van der Waals surface area contributed by atoms with Gasteiger partial charge in [-0.15, -0.1) is 11.3 Å². The van der Waals surface area contributed by atoms with Crippen LogP contribution in [0.2, 0.25) is 0 Å². The van der Waals surface area contributed by atoms with Gasteiger partial charge in [0.1, 0.15) is 0 Å². The molecule has 2 unspecified atom stereocenters. The molecule has 1 saturated heterocycles. The van der Waals surface area contributed by atoms with Crippen LogP contribution in [0.4, 0.5) is 0 Å². The van der Waals surface area contributed by atoms with Gasteiger partial charge in [0.05, 0.1) is 10.7 Å². The molecule has 112 valence electrons. The molecule has 4 heteroatoms. The van der Waals surface area contributed by atoms with Crippen molar-refractivity contribution in [2.24, 2.45) is 0 Å². The van der Waals surface area contributed by atoms with Gasteiger partial charge in [0, 0.05) is 36.6 Å². The van der Waals surface area contributed by atoms with Crippen LogP contribution in [0.25, 0.3) is 0 Å². The number of piperazine rings is 1. The van der Waals surface area contributed by atoms with E-state index in [0.29, 0.717) is 12.1 Å². The Morgan fingerprint density at radius 3 is 2.71 bits per heavy atom. The number of rotatable bonds is 3. The maximum absolute atomic E-state index is 4.58. The maximum Gasteiger partial charge on any atom is 0.0900 e. The number of aromatic nitrogens is 1. The van der Waals surface area contributed by atoms with Crippen molar-refractivity contribution in [2.75, 3.05) is 19.6 Å². The predicted octanol–water partition coefficient (Wildman–Crippen LogP) is 3.47. The lowest BCUT2D eigenvalue weighted by molar-refractivity contribution is 0.155. The first kappa shape index (κ1) is 14.7. The summed E-state index contributed by atoms with van der Waals surface area (Å²) in [5.41, 5.74) is 2.58. The minimum Gasteiger partial charge on any atom is -0.308 e. The van der Waals surface area contributed by atoms with Crippen molar-refractivity contribution in [3.8, 4) is 0 Å². The lowest BCUT2D eigenvalue weighted by Gasteiger charge is -2.37.